The largest absolute Gasteiger partial charge is 0.399 e. The summed E-state index contributed by atoms with van der Waals surface area (Å²) in [5.74, 6) is 0.734. The Hall–Kier alpha value is -1.22. The molecule has 2 rings (SSSR count). The van der Waals surface area contributed by atoms with Gasteiger partial charge in [0.25, 0.3) is 5.91 Å². The third-order valence-electron chi connectivity index (χ3n) is 4.00. The van der Waals surface area contributed by atoms with Crippen LogP contribution >= 0.6 is 11.6 Å². The first-order valence-electron chi connectivity index (χ1n) is 6.96. The van der Waals surface area contributed by atoms with E-state index in [2.05, 4.69) is 12.2 Å². The molecule has 104 valence electrons. The second-order valence-electron chi connectivity index (χ2n) is 5.34. The smallest absolute Gasteiger partial charge is 0.253 e. The highest BCUT2D eigenvalue weighted by Crippen LogP contribution is 2.27. The van der Waals surface area contributed by atoms with Crippen molar-refractivity contribution in [1.82, 2.24) is 5.32 Å². The highest BCUT2D eigenvalue weighted by Gasteiger charge is 2.22. The van der Waals surface area contributed by atoms with Crippen LogP contribution in [0.5, 0.6) is 0 Å². The van der Waals surface area contributed by atoms with E-state index in [1.54, 1.807) is 18.2 Å². The lowest BCUT2D eigenvalue weighted by Crippen LogP contribution is -2.37. The van der Waals surface area contributed by atoms with Gasteiger partial charge >= 0.3 is 0 Å². The molecule has 0 radical (unpaired) electrons. The molecular weight excluding hydrogens is 260 g/mol. The molecule has 1 aromatic rings. The molecule has 1 aromatic carbocycles. The summed E-state index contributed by atoms with van der Waals surface area (Å²) in [4.78, 5) is 12.2. The minimum absolute atomic E-state index is 0.0926. The zero-order valence-electron chi connectivity index (χ0n) is 11.3. The molecule has 0 aliphatic heterocycles. The zero-order valence-corrected chi connectivity index (χ0v) is 12.0. The number of anilines is 1. The van der Waals surface area contributed by atoms with E-state index >= 15 is 0 Å². The maximum absolute atomic E-state index is 12.2. The van der Waals surface area contributed by atoms with Crippen LogP contribution in [0, 0.1) is 5.92 Å². The Bertz CT molecular complexity index is 453. The number of hydrogen-bond donors (Lipinski definition) is 2. The predicted octanol–water partition coefficient (Wildman–Crippen LogP) is 3.62. The van der Waals surface area contributed by atoms with Crippen LogP contribution in [0.4, 0.5) is 5.69 Å². The van der Waals surface area contributed by atoms with Gasteiger partial charge in [0.1, 0.15) is 0 Å². The lowest BCUT2D eigenvalue weighted by Gasteiger charge is -2.28. The molecule has 1 fully saturated rings. The Morgan fingerprint density at radius 2 is 2.05 bits per heavy atom. The van der Waals surface area contributed by atoms with Gasteiger partial charge in [-0.25, -0.2) is 0 Å². The molecule has 3 N–H and O–H groups in total. The van der Waals surface area contributed by atoms with Gasteiger partial charge < -0.3 is 11.1 Å². The van der Waals surface area contributed by atoms with Crippen LogP contribution < -0.4 is 11.1 Å². The Morgan fingerprint density at radius 3 is 2.63 bits per heavy atom. The number of carbonyl (C=O) groups excluding carboxylic acids is 1. The van der Waals surface area contributed by atoms with Crippen molar-refractivity contribution in [2.45, 2.75) is 45.1 Å². The minimum Gasteiger partial charge on any atom is -0.399 e. The van der Waals surface area contributed by atoms with E-state index in [-0.39, 0.29) is 11.9 Å². The zero-order chi connectivity index (χ0) is 13.8. The Labute approximate surface area is 119 Å². The number of halogens is 1. The van der Waals surface area contributed by atoms with Gasteiger partial charge in [-0.3, -0.25) is 4.79 Å². The van der Waals surface area contributed by atoms with E-state index in [9.17, 15) is 4.79 Å². The van der Waals surface area contributed by atoms with Crippen LogP contribution in [-0.2, 0) is 0 Å². The molecule has 0 bridgehead atoms. The number of benzene rings is 1. The van der Waals surface area contributed by atoms with Crippen molar-refractivity contribution < 1.29 is 4.79 Å². The second-order valence-corrected chi connectivity index (χ2v) is 5.75. The summed E-state index contributed by atoms with van der Waals surface area (Å²) in [6.45, 7) is 2.23. The van der Waals surface area contributed by atoms with Crippen LogP contribution in [0.25, 0.3) is 0 Å². The number of carbonyl (C=O) groups is 1. The van der Waals surface area contributed by atoms with E-state index in [0.717, 1.165) is 18.8 Å². The third kappa shape index (κ3) is 3.63. The van der Waals surface area contributed by atoms with Crippen molar-refractivity contribution in [3.63, 3.8) is 0 Å². The van der Waals surface area contributed by atoms with Gasteiger partial charge in [0.15, 0.2) is 0 Å². The van der Waals surface area contributed by atoms with Crippen molar-refractivity contribution in [2.24, 2.45) is 5.92 Å². The molecule has 0 atom stereocenters. The molecular formula is C15H21ClN2O. The van der Waals surface area contributed by atoms with Crippen molar-refractivity contribution >= 4 is 23.2 Å². The highest BCUT2D eigenvalue weighted by molar-refractivity contribution is 6.34. The quantitative estimate of drug-likeness (QED) is 0.831. The summed E-state index contributed by atoms with van der Waals surface area (Å²) < 4.78 is 0. The molecule has 1 amide bonds. The Kier molecular flexibility index (Phi) is 4.70. The van der Waals surface area contributed by atoms with E-state index in [0.29, 0.717) is 16.3 Å². The monoisotopic (exact) mass is 280 g/mol. The standard InChI is InChI=1S/C15H21ClN2O/c1-2-10-3-6-12(7-4-10)18-15(19)13-8-5-11(17)9-14(13)16/h5,8-10,12H,2-4,6-7,17H2,1H3,(H,18,19). The molecule has 0 heterocycles. The maximum atomic E-state index is 12.2. The Morgan fingerprint density at radius 1 is 1.37 bits per heavy atom. The first-order valence-corrected chi connectivity index (χ1v) is 7.33. The normalized spacial score (nSPS) is 23.1. The molecule has 3 nitrogen and oxygen atoms in total. The SMILES string of the molecule is CCC1CCC(NC(=O)c2ccc(N)cc2Cl)CC1. The van der Waals surface area contributed by atoms with Crippen molar-refractivity contribution in [3.8, 4) is 0 Å². The third-order valence-corrected chi connectivity index (χ3v) is 4.31. The number of hydrogen-bond acceptors (Lipinski definition) is 2. The van der Waals surface area contributed by atoms with Crippen LogP contribution in [0.1, 0.15) is 49.4 Å². The molecule has 1 saturated carbocycles. The molecule has 4 heteroatoms. The summed E-state index contributed by atoms with van der Waals surface area (Å²) in [5, 5.41) is 3.49. The van der Waals surface area contributed by atoms with Gasteiger partial charge in [0, 0.05) is 11.7 Å². The van der Waals surface area contributed by atoms with Gasteiger partial charge in [0.05, 0.1) is 10.6 Å². The molecule has 1 aliphatic carbocycles. The molecule has 0 unspecified atom stereocenters. The van der Waals surface area contributed by atoms with E-state index in [4.69, 9.17) is 17.3 Å². The van der Waals surface area contributed by atoms with Crippen LogP contribution in [0.15, 0.2) is 18.2 Å². The van der Waals surface area contributed by atoms with Crippen molar-refractivity contribution in [2.75, 3.05) is 5.73 Å². The number of nitrogen functional groups attached to an aromatic ring is 1. The van der Waals surface area contributed by atoms with E-state index in [1.165, 1.54) is 19.3 Å². The molecule has 0 saturated heterocycles. The summed E-state index contributed by atoms with van der Waals surface area (Å²) in [6, 6.07) is 5.29. The fourth-order valence-electron chi connectivity index (χ4n) is 2.69. The van der Waals surface area contributed by atoms with Crippen LogP contribution in [-0.4, -0.2) is 11.9 Å². The van der Waals surface area contributed by atoms with Crippen LogP contribution in [0.2, 0.25) is 5.02 Å². The van der Waals surface area contributed by atoms with Gasteiger partial charge in [-0.15, -0.1) is 0 Å². The molecule has 0 aromatic heterocycles. The van der Waals surface area contributed by atoms with Crippen molar-refractivity contribution in [3.05, 3.63) is 28.8 Å². The summed E-state index contributed by atoms with van der Waals surface area (Å²) >= 11 is 6.05. The number of nitrogens with one attached hydrogen (secondary N) is 1. The number of nitrogens with two attached hydrogens (primary N) is 1. The van der Waals surface area contributed by atoms with Gasteiger partial charge in [-0.2, -0.15) is 0 Å². The number of amides is 1. The van der Waals surface area contributed by atoms with E-state index < -0.39 is 0 Å². The minimum atomic E-state index is -0.0926. The molecule has 1 aliphatic rings. The fourth-order valence-corrected chi connectivity index (χ4v) is 2.97. The first-order chi connectivity index (χ1) is 9.10. The summed E-state index contributed by atoms with van der Waals surface area (Å²) in [5.41, 5.74) is 6.71. The summed E-state index contributed by atoms with van der Waals surface area (Å²) in [7, 11) is 0. The van der Waals surface area contributed by atoms with Crippen LogP contribution in [0.3, 0.4) is 0 Å². The molecule has 0 spiro atoms. The molecule has 19 heavy (non-hydrogen) atoms. The lowest BCUT2D eigenvalue weighted by atomic mass is 9.84. The number of rotatable bonds is 3. The fraction of sp³-hybridized carbons (Fsp3) is 0.533. The topological polar surface area (TPSA) is 55.1 Å². The lowest BCUT2D eigenvalue weighted by molar-refractivity contribution is 0.0922. The van der Waals surface area contributed by atoms with Gasteiger partial charge in [0.2, 0.25) is 0 Å². The average molecular weight is 281 g/mol. The predicted molar refractivity (Wildman–Crippen MR) is 79.4 cm³/mol. The maximum Gasteiger partial charge on any atom is 0.253 e. The highest BCUT2D eigenvalue weighted by atomic mass is 35.5. The first kappa shape index (κ1) is 14.2. The van der Waals surface area contributed by atoms with Crippen molar-refractivity contribution in [1.29, 1.82) is 0 Å². The average Bonchev–Trinajstić information content (AvgIpc) is 2.39. The van der Waals surface area contributed by atoms with E-state index in [1.807, 2.05) is 0 Å². The van der Waals surface area contributed by atoms with Gasteiger partial charge in [-0.1, -0.05) is 24.9 Å². The second kappa shape index (κ2) is 6.29. The van der Waals surface area contributed by atoms with Gasteiger partial charge in [-0.05, 0) is 49.8 Å². The summed E-state index contributed by atoms with van der Waals surface area (Å²) in [6.07, 6.45) is 5.78. The Balaban J connectivity index is 1.94.